The van der Waals surface area contributed by atoms with Crippen LogP contribution >= 0.6 is 0 Å². The number of carbonyl (C=O) groups excluding carboxylic acids is 1. The van der Waals surface area contributed by atoms with Crippen LogP contribution in [0.2, 0.25) is 0 Å². The lowest BCUT2D eigenvalue weighted by Gasteiger charge is -2.42. The van der Waals surface area contributed by atoms with Crippen LogP contribution in [0.25, 0.3) is 0 Å². The topological polar surface area (TPSA) is 45.2 Å². The Bertz CT molecular complexity index is 606. The van der Waals surface area contributed by atoms with Crippen LogP contribution in [-0.4, -0.2) is 80.3 Å². The minimum atomic E-state index is -0.0834. The van der Waals surface area contributed by atoms with Gasteiger partial charge in [0.05, 0.1) is 25.4 Å². The van der Waals surface area contributed by atoms with Gasteiger partial charge in [-0.3, -0.25) is 9.69 Å². The molecule has 1 aromatic rings. The molecule has 2 saturated heterocycles. The standard InChI is InChI=1S/C20H31N3O3/c1-15-13-23(14-16(2)26-15)20(24)17(3)21-8-10-22(11-9-21)18-6-5-7-19(12-18)25-4/h5-7,12,15-17H,8-11,13-14H2,1-4H3/t15-,16-,17+/m0/s1. The van der Waals surface area contributed by atoms with Crippen LogP contribution in [-0.2, 0) is 9.53 Å². The van der Waals surface area contributed by atoms with Gasteiger partial charge in [0.15, 0.2) is 0 Å². The largest absolute Gasteiger partial charge is 0.497 e. The third-order valence-corrected chi connectivity index (χ3v) is 5.37. The maximum absolute atomic E-state index is 12.9. The number of rotatable bonds is 4. The molecule has 26 heavy (non-hydrogen) atoms. The highest BCUT2D eigenvalue weighted by atomic mass is 16.5. The molecule has 144 valence electrons. The zero-order chi connectivity index (χ0) is 18.7. The van der Waals surface area contributed by atoms with Crippen LogP contribution in [0.1, 0.15) is 20.8 Å². The van der Waals surface area contributed by atoms with E-state index in [0.717, 1.165) is 31.9 Å². The first kappa shape index (κ1) is 19.0. The number of hydrogen-bond acceptors (Lipinski definition) is 5. The Morgan fingerprint density at radius 2 is 1.81 bits per heavy atom. The minimum Gasteiger partial charge on any atom is -0.497 e. The number of amides is 1. The van der Waals surface area contributed by atoms with Crippen molar-refractivity contribution in [1.29, 1.82) is 0 Å². The second-order valence-electron chi connectivity index (χ2n) is 7.40. The third-order valence-electron chi connectivity index (χ3n) is 5.37. The maximum Gasteiger partial charge on any atom is 0.239 e. The fourth-order valence-corrected chi connectivity index (χ4v) is 3.95. The van der Waals surface area contributed by atoms with Crippen molar-refractivity contribution < 1.29 is 14.3 Å². The Balaban J connectivity index is 1.56. The molecule has 0 bridgehead atoms. The van der Waals surface area contributed by atoms with Gasteiger partial charge in [-0.25, -0.2) is 0 Å². The number of ether oxygens (including phenoxy) is 2. The lowest BCUT2D eigenvalue weighted by atomic mass is 10.1. The van der Waals surface area contributed by atoms with E-state index >= 15 is 0 Å². The van der Waals surface area contributed by atoms with Crippen LogP contribution in [0.5, 0.6) is 5.75 Å². The predicted molar refractivity (Wildman–Crippen MR) is 103 cm³/mol. The summed E-state index contributed by atoms with van der Waals surface area (Å²) in [7, 11) is 1.69. The molecule has 3 atom stereocenters. The summed E-state index contributed by atoms with van der Waals surface area (Å²) in [5.41, 5.74) is 1.18. The fraction of sp³-hybridized carbons (Fsp3) is 0.650. The normalized spacial score (nSPS) is 25.8. The average Bonchev–Trinajstić information content (AvgIpc) is 2.66. The maximum atomic E-state index is 12.9. The highest BCUT2D eigenvalue weighted by molar-refractivity contribution is 5.81. The molecule has 0 spiro atoms. The molecule has 0 saturated carbocycles. The van der Waals surface area contributed by atoms with Crippen molar-refractivity contribution in [2.75, 3.05) is 51.3 Å². The minimum absolute atomic E-state index is 0.0834. The van der Waals surface area contributed by atoms with Crippen LogP contribution < -0.4 is 9.64 Å². The molecule has 0 aromatic heterocycles. The lowest BCUT2D eigenvalue weighted by Crippen LogP contribution is -2.57. The lowest BCUT2D eigenvalue weighted by molar-refractivity contribution is -0.148. The highest BCUT2D eigenvalue weighted by Gasteiger charge is 2.32. The second kappa shape index (κ2) is 8.27. The van der Waals surface area contributed by atoms with E-state index in [9.17, 15) is 4.79 Å². The van der Waals surface area contributed by atoms with Gasteiger partial charge in [0.25, 0.3) is 0 Å². The van der Waals surface area contributed by atoms with Gasteiger partial charge in [-0.1, -0.05) is 6.07 Å². The zero-order valence-electron chi connectivity index (χ0n) is 16.4. The van der Waals surface area contributed by atoms with Crippen LogP contribution in [0.4, 0.5) is 5.69 Å². The van der Waals surface area contributed by atoms with Crippen LogP contribution in [0.15, 0.2) is 24.3 Å². The Kier molecular flexibility index (Phi) is 6.04. The van der Waals surface area contributed by atoms with Crippen LogP contribution in [0, 0.1) is 0 Å². The molecule has 6 nitrogen and oxygen atoms in total. The molecule has 1 amide bonds. The summed E-state index contributed by atoms with van der Waals surface area (Å²) in [4.78, 5) is 19.5. The van der Waals surface area contributed by atoms with Crippen molar-refractivity contribution in [3.63, 3.8) is 0 Å². The first-order valence-corrected chi connectivity index (χ1v) is 9.55. The summed E-state index contributed by atoms with van der Waals surface area (Å²) in [5, 5.41) is 0. The van der Waals surface area contributed by atoms with Gasteiger partial charge in [0.2, 0.25) is 5.91 Å². The molecule has 2 aliphatic heterocycles. The van der Waals surface area contributed by atoms with Crippen LogP contribution in [0.3, 0.4) is 0 Å². The first-order chi connectivity index (χ1) is 12.5. The molecule has 2 heterocycles. The quantitative estimate of drug-likeness (QED) is 0.819. The number of nitrogens with zero attached hydrogens (tertiary/aromatic N) is 3. The molecule has 1 aromatic carbocycles. The number of methoxy groups -OCH3 is 1. The molecule has 6 heteroatoms. The summed E-state index contributed by atoms with van der Waals surface area (Å²) < 4.78 is 11.1. The van der Waals surface area contributed by atoms with Crippen molar-refractivity contribution in [1.82, 2.24) is 9.80 Å². The predicted octanol–water partition coefficient (Wildman–Crippen LogP) is 1.84. The molecule has 0 radical (unpaired) electrons. The van der Waals surface area contributed by atoms with Crippen molar-refractivity contribution in [3.8, 4) is 5.75 Å². The molecule has 3 rings (SSSR count). The molecule has 0 unspecified atom stereocenters. The second-order valence-corrected chi connectivity index (χ2v) is 7.40. The number of anilines is 1. The highest BCUT2D eigenvalue weighted by Crippen LogP contribution is 2.23. The molecular formula is C20H31N3O3. The first-order valence-electron chi connectivity index (χ1n) is 9.55. The molecule has 0 N–H and O–H groups in total. The summed E-state index contributed by atoms with van der Waals surface area (Å²) >= 11 is 0. The Morgan fingerprint density at radius 3 is 2.42 bits per heavy atom. The van der Waals surface area contributed by atoms with Crippen molar-refractivity contribution >= 4 is 11.6 Å². The monoisotopic (exact) mass is 361 g/mol. The summed E-state index contributed by atoms with van der Waals surface area (Å²) in [6.07, 6.45) is 0.222. The molecule has 2 aliphatic rings. The fourth-order valence-electron chi connectivity index (χ4n) is 3.95. The van der Waals surface area contributed by atoms with Gasteiger partial charge in [0, 0.05) is 51.0 Å². The van der Waals surface area contributed by atoms with E-state index in [4.69, 9.17) is 9.47 Å². The van der Waals surface area contributed by atoms with Gasteiger partial charge < -0.3 is 19.3 Å². The van der Waals surface area contributed by atoms with E-state index in [1.54, 1.807) is 7.11 Å². The van der Waals surface area contributed by atoms with Gasteiger partial charge in [0.1, 0.15) is 5.75 Å². The van der Waals surface area contributed by atoms with Crippen molar-refractivity contribution in [2.45, 2.75) is 39.0 Å². The number of benzene rings is 1. The number of morpholine rings is 1. The van der Waals surface area contributed by atoms with E-state index in [2.05, 4.69) is 21.9 Å². The Morgan fingerprint density at radius 1 is 1.15 bits per heavy atom. The SMILES string of the molecule is COc1cccc(N2CCN([C@H](C)C(=O)N3C[C@H](C)O[C@@H](C)C3)CC2)c1. The van der Waals surface area contributed by atoms with Gasteiger partial charge in [-0.05, 0) is 32.9 Å². The van der Waals surface area contributed by atoms with E-state index in [-0.39, 0.29) is 24.2 Å². The summed E-state index contributed by atoms with van der Waals surface area (Å²) in [6.45, 7) is 11.1. The van der Waals surface area contributed by atoms with Crippen molar-refractivity contribution in [3.05, 3.63) is 24.3 Å². The molecular weight excluding hydrogens is 330 g/mol. The Labute approximate surface area is 156 Å². The number of carbonyl (C=O) groups is 1. The number of piperazine rings is 1. The molecule has 2 fully saturated rings. The van der Waals surface area contributed by atoms with Gasteiger partial charge >= 0.3 is 0 Å². The van der Waals surface area contributed by atoms with E-state index in [0.29, 0.717) is 13.1 Å². The molecule has 0 aliphatic carbocycles. The zero-order valence-corrected chi connectivity index (χ0v) is 16.4. The summed E-state index contributed by atoms with van der Waals surface area (Å²) in [5.74, 6) is 1.10. The Hall–Kier alpha value is -1.79. The third kappa shape index (κ3) is 4.30. The smallest absolute Gasteiger partial charge is 0.239 e. The average molecular weight is 361 g/mol. The van der Waals surface area contributed by atoms with Gasteiger partial charge in [-0.15, -0.1) is 0 Å². The summed E-state index contributed by atoms with van der Waals surface area (Å²) in [6, 6.07) is 8.09. The number of hydrogen-bond donors (Lipinski definition) is 0. The van der Waals surface area contributed by atoms with Crippen molar-refractivity contribution in [2.24, 2.45) is 0 Å². The van der Waals surface area contributed by atoms with Gasteiger partial charge in [-0.2, -0.15) is 0 Å². The van der Waals surface area contributed by atoms with E-state index in [1.165, 1.54) is 5.69 Å². The van der Waals surface area contributed by atoms with E-state index in [1.807, 2.05) is 37.8 Å². The van der Waals surface area contributed by atoms with E-state index < -0.39 is 0 Å².